The Hall–Kier alpha value is -1.72. The Morgan fingerprint density at radius 1 is 1.00 bits per heavy atom. The first-order chi connectivity index (χ1) is 5.20. The Kier molecular flexibility index (Phi) is 1.67. The van der Waals surface area contributed by atoms with Gasteiger partial charge < -0.3 is 11.5 Å². The minimum atomic E-state index is 0.217. The molecule has 0 aliphatic rings. The molecule has 0 atom stereocenters. The fourth-order valence-corrected chi connectivity index (χ4v) is 1.36. The molecule has 0 spiro atoms. The lowest BCUT2D eigenvalue weighted by molar-refractivity contribution is 1.52. The van der Waals surface area contributed by atoms with Crippen LogP contribution in [-0.2, 0) is 0 Å². The molecule has 1 heterocycles. The SMILES string of the molecule is N#Cc1sc(C#N)c(N)c1N. The minimum Gasteiger partial charge on any atom is -0.395 e. The van der Waals surface area contributed by atoms with Gasteiger partial charge in [-0.2, -0.15) is 10.5 Å². The Morgan fingerprint density at radius 3 is 1.55 bits per heavy atom. The normalized spacial score (nSPS) is 8.55. The first-order valence-corrected chi connectivity index (χ1v) is 3.50. The highest BCUT2D eigenvalue weighted by molar-refractivity contribution is 7.14. The first-order valence-electron chi connectivity index (χ1n) is 2.68. The molecule has 0 radical (unpaired) electrons. The Morgan fingerprint density at radius 2 is 1.36 bits per heavy atom. The van der Waals surface area contributed by atoms with E-state index >= 15 is 0 Å². The predicted octanol–water partition coefficient (Wildman–Crippen LogP) is 0.656. The van der Waals surface area contributed by atoms with Crippen molar-refractivity contribution in [1.29, 1.82) is 10.5 Å². The summed E-state index contributed by atoms with van der Waals surface area (Å²) in [5, 5.41) is 16.9. The van der Waals surface area contributed by atoms with Crippen molar-refractivity contribution < 1.29 is 0 Å². The number of thiophene rings is 1. The molecule has 54 valence electrons. The molecule has 5 heteroatoms. The maximum absolute atomic E-state index is 8.47. The molecule has 0 unspecified atom stereocenters. The summed E-state index contributed by atoms with van der Waals surface area (Å²) in [6.07, 6.45) is 0. The van der Waals surface area contributed by atoms with Gasteiger partial charge in [0.25, 0.3) is 0 Å². The molecule has 1 rings (SSSR count). The van der Waals surface area contributed by atoms with Crippen molar-refractivity contribution in [3.8, 4) is 12.1 Å². The molecule has 0 fully saturated rings. The molecule has 1 aromatic heterocycles. The smallest absolute Gasteiger partial charge is 0.131 e. The summed E-state index contributed by atoms with van der Waals surface area (Å²) in [5.74, 6) is 0. The second-order valence-corrected chi connectivity index (χ2v) is 2.83. The number of rotatable bonds is 0. The number of anilines is 2. The van der Waals surface area contributed by atoms with Gasteiger partial charge in [0.05, 0.1) is 11.4 Å². The first kappa shape index (κ1) is 7.39. The van der Waals surface area contributed by atoms with E-state index in [0.29, 0.717) is 9.75 Å². The van der Waals surface area contributed by atoms with Crippen LogP contribution in [0, 0.1) is 22.7 Å². The Bertz CT molecular complexity index is 331. The van der Waals surface area contributed by atoms with E-state index in [2.05, 4.69) is 0 Å². The van der Waals surface area contributed by atoms with Gasteiger partial charge in [0.15, 0.2) is 0 Å². The molecule has 4 N–H and O–H groups in total. The summed E-state index contributed by atoms with van der Waals surface area (Å²) in [4.78, 5) is 0.609. The monoisotopic (exact) mass is 164 g/mol. The fraction of sp³-hybridized carbons (Fsp3) is 0. The van der Waals surface area contributed by atoms with Gasteiger partial charge in [-0.05, 0) is 0 Å². The molecule has 0 aliphatic heterocycles. The van der Waals surface area contributed by atoms with Gasteiger partial charge in [0.1, 0.15) is 21.9 Å². The van der Waals surface area contributed by atoms with E-state index in [4.69, 9.17) is 22.0 Å². The topological polar surface area (TPSA) is 99.6 Å². The summed E-state index contributed by atoms with van der Waals surface area (Å²) in [7, 11) is 0. The third-order valence-corrected chi connectivity index (χ3v) is 2.22. The molecular weight excluding hydrogens is 160 g/mol. The van der Waals surface area contributed by atoms with Gasteiger partial charge in [0.2, 0.25) is 0 Å². The van der Waals surface area contributed by atoms with Crippen LogP contribution in [0.2, 0.25) is 0 Å². The van der Waals surface area contributed by atoms with Gasteiger partial charge in [-0.25, -0.2) is 0 Å². The van der Waals surface area contributed by atoms with Gasteiger partial charge in [-0.1, -0.05) is 0 Å². The lowest BCUT2D eigenvalue weighted by Crippen LogP contribution is -1.92. The highest BCUT2D eigenvalue weighted by Crippen LogP contribution is 2.31. The average Bonchev–Trinajstić information content (AvgIpc) is 2.30. The van der Waals surface area contributed by atoms with E-state index in [1.54, 1.807) is 0 Å². The number of nitrogen functional groups attached to an aromatic ring is 2. The Labute approximate surface area is 67.3 Å². The van der Waals surface area contributed by atoms with E-state index < -0.39 is 0 Å². The number of nitrogens with two attached hydrogens (primary N) is 2. The number of nitriles is 2. The lowest BCUT2D eigenvalue weighted by atomic mass is 10.3. The van der Waals surface area contributed by atoms with Crippen LogP contribution >= 0.6 is 11.3 Å². The fourth-order valence-electron chi connectivity index (χ4n) is 0.623. The van der Waals surface area contributed by atoms with Gasteiger partial charge in [-0.15, -0.1) is 11.3 Å². The molecule has 11 heavy (non-hydrogen) atoms. The largest absolute Gasteiger partial charge is 0.395 e. The molecule has 0 bridgehead atoms. The van der Waals surface area contributed by atoms with E-state index in [1.807, 2.05) is 12.1 Å². The number of hydrogen-bond donors (Lipinski definition) is 2. The predicted molar refractivity (Wildman–Crippen MR) is 42.6 cm³/mol. The van der Waals surface area contributed by atoms with E-state index in [1.165, 1.54) is 0 Å². The van der Waals surface area contributed by atoms with Crippen molar-refractivity contribution in [2.75, 3.05) is 11.5 Å². The zero-order valence-corrected chi connectivity index (χ0v) is 6.27. The second kappa shape index (κ2) is 2.49. The van der Waals surface area contributed by atoms with Crippen LogP contribution in [0.3, 0.4) is 0 Å². The third-order valence-electron chi connectivity index (χ3n) is 1.19. The highest BCUT2D eigenvalue weighted by Gasteiger charge is 2.11. The van der Waals surface area contributed by atoms with Crippen LogP contribution in [0.25, 0.3) is 0 Å². The van der Waals surface area contributed by atoms with Crippen LogP contribution < -0.4 is 11.5 Å². The third kappa shape index (κ3) is 0.977. The second-order valence-electron chi connectivity index (χ2n) is 1.81. The maximum Gasteiger partial charge on any atom is 0.131 e. The van der Waals surface area contributed by atoms with Crippen LogP contribution in [0.4, 0.5) is 11.4 Å². The molecular formula is C6H4N4S. The molecule has 0 aliphatic carbocycles. The molecule has 4 nitrogen and oxygen atoms in total. The van der Waals surface area contributed by atoms with Gasteiger partial charge in [0, 0.05) is 0 Å². The summed E-state index contributed by atoms with van der Waals surface area (Å²) in [6, 6.07) is 3.71. The standard InChI is InChI=1S/C6H4N4S/c7-1-3-5(9)6(10)4(2-8)11-3/h9-10H2. The lowest BCUT2D eigenvalue weighted by Gasteiger charge is -1.87. The van der Waals surface area contributed by atoms with Crippen LogP contribution in [0.1, 0.15) is 9.75 Å². The summed E-state index contributed by atoms with van der Waals surface area (Å²) in [6.45, 7) is 0. The zero-order chi connectivity index (χ0) is 8.43. The van der Waals surface area contributed by atoms with Crippen molar-refractivity contribution in [1.82, 2.24) is 0 Å². The number of nitrogens with zero attached hydrogens (tertiary/aromatic N) is 2. The van der Waals surface area contributed by atoms with Crippen LogP contribution in [-0.4, -0.2) is 0 Å². The van der Waals surface area contributed by atoms with E-state index in [0.717, 1.165) is 11.3 Å². The average molecular weight is 164 g/mol. The summed E-state index contributed by atoms with van der Waals surface area (Å²) >= 11 is 1.01. The molecule has 0 aromatic carbocycles. The number of hydrogen-bond acceptors (Lipinski definition) is 5. The minimum absolute atomic E-state index is 0.217. The van der Waals surface area contributed by atoms with Gasteiger partial charge in [-0.3, -0.25) is 0 Å². The van der Waals surface area contributed by atoms with Crippen molar-refractivity contribution >= 4 is 22.7 Å². The summed E-state index contributed by atoms with van der Waals surface area (Å²) < 4.78 is 0. The van der Waals surface area contributed by atoms with Crippen molar-refractivity contribution in [2.45, 2.75) is 0 Å². The molecule has 1 aromatic rings. The van der Waals surface area contributed by atoms with Crippen LogP contribution in [0.5, 0.6) is 0 Å². The zero-order valence-electron chi connectivity index (χ0n) is 5.46. The van der Waals surface area contributed by atoms with Crippen LogP contribution in [0.15, 0.2) is 0 Å². The van der Waals surface area contributed by atoms with E-state index in [-0.39, 0.29) is 11.4 Å². The molecule has 0 amide bonds. The maximum atomic E-state index is 8.47. The molecule has 0 saturated carbocycles. The quantitative estimate of drug-likeness (QED) is 0.588. The molecule has 0 saturated heterocycles. The van der Waals surface area contributed by atoms with Crippen molar-refractivity contribution in [3.63, 3.8) is 0 Å². The van der Waals surface area contributed by atoms with Crippen molar-refractivity contribution in [2.24, 2.45) is 0 Å². The summed E-state index contributed by atoms with van der Waals surface area (Å²) in [5.41, 5.74) is 11.2. The van der Waals surface area contributed by atoms with E-state index in [9.17, 15) is 0 Å². The Balaban J connectivity index is 3.40. The highest BCUT2D eigenvalue weighted by atomic mass is 32.1. The van der Waals surface area contributed by atoms with Gasteiger partial charge >= 0.3 is 0 Å². The van der Waals surface area contributed by atoms with Crippen molar-refractivity contribution in [3.05, 3.63) is 9.75 Å².